The van der Waals surface area contributed by atoms with Crippen LogP contribution in [0.1, 0.15) is 58.9 Å². The lowest BCUT2D eigenvalue weighted by Crippen LogP contribution is -2.11. The smallest absolute Gasteiger partial charge is 0.339 e. The van der Waals surface area contributed by atoms with Crippen LogP contribution in [0.5, 0.6) is 0 Å². The van der Waals surface area contributed by atoms with E-state index in [9.17, 15) is 9.59 Å². The molecule has 0 radical (unpaired) electrons. The van der Waals surface area contributed by atoms with E-state index < -0.39 is 5.97 Å². The molecule has 0 fully saturated rings. The fourth-order valence-electron chi connectivity index (χ4n) is 3.61. The van der Waals surface area contributed by atoms with Gasteiger partial charge in [-0.05, 0) is 66.8 Å². The van der Waals surface area contributed by atoms with Crippen LogP contribution in [0.2, 0.25) is 5.02 Å². The van der Waals surface area contributed by atoms with Gasteiger partial charge in [0.05, 0.1) is 12.7 Å². The maximum atomic E-state index is 13.3. The van der Waals surface area contributed by atoms with E-state index in [2.05, 4.69) is 6.92 Å². The van der Waals surface area contributed by atoms with Gasteiger partial charge < -0.3 is 9.64 Å². The minimum absolute atomic E-state index is 0.143. The predicted molar refractivity (Wildman–Crippen MR) is 142 cm³/mol. The maximum Gasteiger partial charge on any atom is 0.339 e. The Hall–Kier alpha value is -2.76. The van der Waals surface area contributed by atoms with Gasteiger partial charge in [0, 0.05) is 39.5 Å². The fraction of sp³-hybridized carbons (Fsp3) is 0.286. The molecule has 3 aromatic rings. The van der Waals surface area contributed by atoms with Gasteiger partial charge in [-0.1, -0.05) is 49.9 Å². The van der Waals surface area contributed by atoms with Crippen molar-refractivity contribution in [3.8, 4) is 0 Å². The molecule has 0 unspecified atom stereocenters. The summed E-state index contributed by atoms with van der Waals surface area (Å²) in [6.45, 7) is 2.18. The summed E-state index contributed by atoms with van der Waals surface area (Å²) in [6.07, 6.45) is 4.66. The monoisotopic (exact) mass is 495 g/mol. The molecule has 178 valence electrons. The largest absolute Gasteiger partial charge is 0.465 e. The molecule has 3 aromatic carbocycles. The number of carbonyl (C=O) groups excluding carboxylic acids is 2. The third kappa shape index (κ3) is 6.64. The van der Waals surface area contributed by atoms with Crippen molar-refractivity contribution in [2.24, 2.45) is 0 Å². The van der Waals surface area contributed by atoms with Gasteiger partial charge in [-0.25, -0.2) is 4.79 Å². The van der Waals surface area contributed by atoms with Crippen LogP contribution in [0.4, 0.5) is 11.4 Å². The Morgan fingerprint density at radius 2 is 1.65 bits per heavy atom. The van der Waals surface area contributed by atoms with Gasteiger partial charge in [0.1, 0.15) is 0 Å². The molecule has 0 bridgehead atoms. The van der Waals surface area contributed by atoms with Gasteiger partial charge in [-0.2, -0.15) is 0 Å². The zero-order chi connectivity index (χ0) is 24.5. The zero-order valence-electron chi connectivity index (χ0n) is 19.8. The Kier molecular flexibility index (Phi) is 9.61. The van der Waals surface area contributed by atoms with Crippen LogP contribution in [0.3, 0.4) is 0 Å². The third-order valence-electron chi connectivity index (χ3n) is 5.61. The van der Waals surface area contributed by atoms with E-state index in [0.29, 0.717) is 21.7 Å². The number of thioether (sulfide) groups is 1. The van der Waals surface area contributed by atoms with Crippen LogP contribution < -0.4 is 4.90 Å². The van der Waals surface area contributed by atoms with Gasteiger partial charge in [-0.3, -0.25) is 4.79 Å². The van der Waals surface area contributed by atoms with E-state index in [0.717, 1.165) is 28.4 Å². The third-order valence-corrected chi connectivity index (χ3v) is 7.02. The van der Waals surface area contributed by atoms with Crippen molar-refractivity contribution in [3.63, 3.8) is 0 Å². The molecule has 0 spiro atoms. The normalized spacial score (nSPS) is 10.7. The van der Waals surface area contributed by atoms with Crippen molar-refractivity contribution >= 4 is 46.5 Å². The van der Waals surface area contributed by atoms with Crippen molar-refractivity contribution < 1.29 is 14.3 Å². The number of methoxy groups -OCH3 is 1. The van der Waals surface area contributed by atoms with Crippen LogP contribution >= 0.6 is 23.4 Å². The van der Waals surface area contributed by atoms with Crippen molar-refractivity contribution in [2.75, 3.05) is 24.8 Å². The minimum atomic E-state index is -0.429. The molecule has 0 saturated carbocycles. The molecular formula is C28H30ClNO3S. The average Bonchev–Trinajstić information content (AvgIpc) is 2.87. The minimum Gasteiger partial charge on any atom is -0.465 e. The molecule has 34 heavy (non-hydrogen) atoms. The van der Waals surface area contributed by atoms with Crippen LogP contribution in [-0.2, 0) is 4.74 Å². The molecular weight excluding hydrogens is 466 g/mol. The number of rotatable bonds is 11. The summed E-state index contributed by atoms with van der Waals surface area (Å²) in [6, 6.07) is 20.3. The first-order valence-corrected chi connectivity index (χ1v) is 12.8. The topological polar surface area (TPSA) is 46.6 Å². The fourth-order valence-corrected chi connectivity index (χ4v) is 4.77. The highest BCUT2D eigenvalue weighted by Gasteiger charge is 2.18. The summed E-state index contributed by atoms with van der Waals surface area (Å²) in [5.74, 6) is 0.356. The number of anilines is 2. The standard InChI is InChI=1S/C28H30ClNO3S/c1-4-5-6-7-17-34-26-16-11-21(19-25(26)28(32)33-3)27(31)20-9-8-10-24(18-20)30(2)23-14-12-22(29)13-15-23/h8-16,18-19H,4-7,17H2,1-3H3. The van der Waals surface area contributed by atoms with E-state index in [1.54, 1.807) is 30.0 Å². The molecule has 4 nitrogen and oxygen atoms in total. The summed E-state index contributed by atoms with van der Waals surface area (Å²) in [4.78, 5) is 28.6. The van der Waals surface area contributed by atoms with Crippen molar-refractivity contribution in [2.45, 2.75) is 37.5 Å². The van der Waals surface area contributed by atoms with E-state index in [-0.39, 0.29) is 5.78 Å². The van der Waals surface area contributed by atoms with Crippen LogP contribution in [0.25, 0.3) is 0 Å². The number of hydrogen-bond acceptors (Lipinski definition) is 5. The Morgan fingerprint density at radius 3 is 2.35 bits per heavy atom. The lowest BCUT2D eigenvalue weighted by Gasteiger charge is -2.20. The van der Waals surface area contributed by atoms with E-state index in [4.69, 9.17) is 16.3 Å². The van der Waals surface area contributed by atoms with E-state index in [1.807, 2.05) is 60.5 Å². The Balaban J connectivity index is 1.82. The lowest BCUT2D eigenvalue weighted by atomic mass is 10.0. The second-order valence-corrected chi connectivity index (χ2v) is 9.60. The predicted octanol–water partition coefficient (Wildman–Crippen LogP) is 7.80. The van der Waals surface area contributed by atoms with E-state index in [1.165, 1.54) is 26.4 Å². The van der Waals surface area contributed by atoms with Gasteiger partial charge in [0.2, 0.25) is 0 Å². The highest BCUT2D eigenvalue weighted by atomic mass is 35.5. The first-order valence-electron chi connectivity index (χ1n) is 11.4. The van der Waals surface area contributed by atoms with E-state index >= 15 is 0 Å². The Morgan fingerprint density at radius 1 is 0.912 bits per heavy atom. The first-order chi connectivity index (χ1) is 16.4. The number of ether oxygens (including phenoxy) is 1. The quantitative estimate of drug-likeness (QED) is 0.117. The molecule has 3 rings (SSSR count). The van der Waals surface area contributed by atoms with Crippen molar-refractivity contribution in [1.29, 1.82) is 0 Å². The second-order valence-electron chi connectivity index (χ2n) is 8.03. The molecule has 0 N–H and O–H groups in total. The zero-order valence-corrected chi connectivity index (χ0v) is 21.4. The summed E-state index contributed by atoms with van der Waals surface area (Å²) >= 11 is 7.64. The van der Waals surface area contributed by atoms with Crippen LogP contribution in [-0.4, -0.2) is 31.7 Å². The Labute approximate surface area is 211 Å². The first kappa shape index (κ1) is 25.9. The molecule has 0 saturated heterocycles. The highest BCUT2D eigenvalue weighted by molar-refractivity contribution is 7.99. The SMILES string of the molecule is CCCCCCSc1ccc(C(=O)c2cccc(N(C)c3ccc(Cl)cc3)c2)cc1C(=O)OC. The molecule has 0 aliphatic carbocycles. The lowest BCUT2D eigenvalue weighted by molar-refractivity contribution is 0.0596. The maximum absolute atomic E-state index is 13.3. The number of ketones is 1. The molecule has 6 heteroatoms. The molecule has 0 aliphatic rings. The second kappa shape index (κ2) is 12.6. The number of esters is 1. The summed E-state index contributed by atoms with van der Waals surface area (Å²) < 4.78 is 4.99. The number of hydrogen-bond donors (Lipinski definition) is 0. The van der Waals surface area contributed by atoms with Crippen LogP contribution in [0, 0.1) is 0 Å². The summed E-state index contributed by atoms with van der Waals surface area (Å²) in [5, 5.41) is 0.671. The summed E-state index contributed by atoms with van der Waals surface area (Å²) in [7, 11) is 3.30. The molecule has 0 aromatic heterocycles. The number of carbonyl (C=O) groups is 2. The number of benzene rings is 3. The molecule has 0 atom stereocenters. The van der Waals surface area contributed by atoms with Gasteiger partial charge in [0.15, 0.2) is 5.78 Å². The van der Waals surface area contributed by atoms with Gasteiger partial charge in [-0.15, -0.1) is 11.8 Å². The summed E-state index contributed by atoms with van der Waals surface area (Å²) in [5.41, 5.74) is 3.28. The van der Waals surface area contributed by atoms with Gasteiger partial charge in [0.25, 0.3) is 0 Å². The number of halogens is 1. The average molecular weight is 496 g/mol. The molecule has 0 amide bonds. The highest BCUT2D eigenvalue weighted by Crippen LogP contribution is 2.29. The Bertz CT molecular complexity index is 1130. The molecule has 0 heterocycles. The number of unbranched alkanes of at least 4 members (excludes halogenated alkanes) is 3. The van der Waals surface area contributed by atoms with Crippen LogP contribution in [0.15, 0.2) is 71.6 Å². The van der Waals surface area contributed by atoms with Crippen molar-refractivity contribution in [3.05, 3.63) is 88.4 Å². The molecule has 0 aliphatic heterocycles. The van der Waals surface area contributed by atoms with Gasteiger partial charge >= 0.3 is 5.97 Å². The number of nitrogens with zero attached hydrogens (tertiary/aromatic N) is 1. The van der Waals surface area contributed by atoms with Crippen molar-refractivity contribution in [1.82, 2.24) is 0 Å².